The van der Waals surface area contributed by atoms with Gasteiger partial charge in [-0.15, -0.1) is 0 Å². The van der Waals surface area contributed by atoms with Crippen LogP contribution in [0.1, 0.15) is 57.9 Å². The summed E-state index contributed by atoms with van der Waals surface area (Å²) in [6.45, 7) is 5.20. The van der Waals surface area contributed by atoms with Crippen LogP contribution in [0.3, 0.4) is 0 Å². The highest BCUT2D eigenvalue weighted by atomic mass is 19.2. The van der Waals surface area contributed by atoms with Crippen LogP contribution in [0, 0.1) is 11.6 Å². The Balaban J connectivity index is 2.42. The summed E-state index contributed by atoms with van der Waals surface area (Å²) in [5.41, 5.74) is 0.864. The zero-order valence-electron chi connectivity index (χ0n) is 12.7. The molecule has 0 spiro atoms. The monoisotopic (exact) mass is 283 g/mol. The van der Waals surface area contributed by atoms with Crippen molar-refractivity contribution >= 4 is 0 Å². The Labute approximate surface area is 121 Å². The highest BCUT2D eigenvalue weighted by Crippen LogP contribution is 2.14. The van der Waals surface area contributed by atoms with E-state index in [4.69, 9.17) is 0 Å². The van der Waals surface area contributed by atoms with Crippen molar-refractivity contribution in [2.24, 2.45) is 0 Å². The molecule has 0 fully saturated rings. The van der Waals surface area contributed by atoms with E-state index < -0.39 is 11.6 Å². The molecule has 0 aliphatic heterocycles. The lowest BCUT2D eigenvalue weighted by Crippen LogP contribution is -2.31. The molecule has 0 radical (unpaired) electrons. The van der Waals surface area contributed by atoms with Crippen molar-refractivity contribution in [1.82, 2.24) is 5.32 Å². The van der Waals surface area contributed by atoms with Gasteiger partial charge in [0.2, 0.25) is 0 Å². The SMILES string of the molecule is CCCCCCCC(Cc1ccc(F)c(F)c1)NCC. The van der Waals surface area contributed by atoms with E-state index >= 15 is 0 Å². The molecule has 20 heavy (non-hydrogen) atoms. The lowest BCUT2D eigenvalue weighted by Gasteiger charge is -2.18. The van der Waals surface area contributed by atoms with Crippen LogP contribution in [0.5, 0.6) is 0 Å². The summed E-state index contributed by atoms with van der Waals surface area (Å²) in [6.07, 6.45) is 8.16. The molecule has 0 aliphatic rings. The Morgan fingerprint density at radius 1 is 1.00 bits per heavy atom. The van der Waals surface area contributed by atoms with Gasteiger partial charge in [0, 0.05) is 6.04 Å². The summed E-state index contributed by atoms with van der Waals surface area (Å²) in [4.78, 5) is 0. The highest BCUT2D eigenvalue weighted by molar-refractivity contribution is 5.18. The third-order valence-electron chi connectivity index (χ3n) is 3.62. The summed E-state index contributed by atoms with van der Waals surface area (Å²) < 4.78 is 26.1. The zero-order valence-corrected chi connectivity index (χ0v) is 12.7. The second-order valence-corrected chi connectivity index (χ2v) is 5.41. The minimum atomic E-state index is -0.770. The Hall–Kier alpha value is -0.960. The summed E-state index contributed by atoms with van der Waals surface area (Å²) in [7, 11) is 0. The third-order valence-corrected chi connectivity index (χ3v) is 3.62. The van der Waals surface area contributed by atoms with Crippen molar-refractivity contribution in [3.05, 3.63) is 35.4 Å². The van der Waals surface area contributed by atoms with Crippen LogP contribution in [0.2, 0.25) is 0 Å². The maximum absolute atomic E-state index is 13.2. The summed E-state index contributed by atoms with van der Waals surface area (Å²) >= 11 is 0. The van der Waals surface area contributed by atoms with Crippen molar-refractivity contribution in [3.8, 4) is 0 Å². The normalized spacial score (nSPS) is 12.6. The first-order valence-electron chi connectivity index (χ1n) is 7.84. The Morgan fingerprint density at radius 2 is 1.75 bits per heavy atom. The molecule has 0 saturated heterocycles. The van der Waals surface area contributed by atoms with Crippen molar-refractivity contribution in [1.29, 1.82) is 0 Å². The standard InChI is InChI=1S/C17H27F2N/c1-3-5-6-7-8-9-15(20-4-2)12-14-10-11-16(18)17(19)13-14/h10-11,13,15,20H,3-9,12H2,1-2H3. The average Bonchev–Trinajstić information content (AvgIpc) is 2.43. The number of unbranched alkanes of at least 4 members (excludes halogenated alkanes) is 4. The van der Waals surface area contributed by atoms with Crippen molar-refractivity contribution < 1.29 is 8.78 Å². The zero-order chi connectivity index (χ0) is 14.8. The predicted octanol–water partition coefficient (Wildman–Crippen LogP) is 4.85. The Morgan fingerprint density at radius 3 is 2.40 bits per heavy atom. The predicted molar refractivity (Wildman–Crippen MR) is 80.9 cm³/mol. The molecule has 0 aromatic heterocycles. The average molecular weight is 283 g/mol. The molecule has 1 rings (SSSR count). The second kappa shape index (κ2) is 9.87. The first-order valence-corrected chi connectivity index (χ1v) is 7.84. The molecule has 0 saturated carbocycles. The van der Waals surface area contributed by atoms with E-state index in [-0.39, 0.29) is 0 Å². The molecule has 1 nitrogen and oxygen atoms in total. The number of nitrogens with one attached hydrogen (secondary N) is 1. The Bertz CT molecular complexity index is 379. The second-order valence-electron chi connectivity index (χ2n) is 5.41. The molecular weight excluding hydrogens is 256 g/mol. The maximum atomic E-state index is 13.2. The number of rotatable bonds is 10. The van der Waals surface area contributed by atoms with Gasteiger partial charge in [-0.2, -0.15) is 0 Å². The van der Waals surface area contributed by atoms with Crippen molar-refractivity contribution in [3.63, 3.8) is 0 Å². The van der Waals surface area contributed by atoms with Gasteiger partial charge in [0.1, 0.15) is 0 Å². The quantitative estimate of drug-likeness (QED) is 0.605. The fourth-order valence-corrected chi connectivity index (χ4v) is 2.51. The molecule has 1 aromatic rings. The van der Waals surface area contributed by atoms with Crippen molar-refractivity contribution in [2.75, 3.05) is 6.54 Å². The molecule has 114 valence electrons. The molecule has 0 amide bonds. The molecular formula is C17H27F2N. The molecule has 1 aromatic carbocycles. The van der Waals surface area contributed by atoms with E-state index in [0.717, 1.165) is 24.9 Å². The summed E-state index contributed by atoms with van der Waals surface area (Å²) in [6, 6.07) is 4.57. The van der Waals surface area contributed by atoms with Gasteiger partial charge in [0.05, 0.1) is 0 Å². The van der Waals surface area contributed by atoms with Gasteiger partial charge in [-0.3, -0.25) is 0 Å². The minimum absolute atomic E-state index is 0.353. The maximum Gasteiger partial charge on any atom is 0.159 e. The molecule has 0 heterocycles. The number of halogens is 2. The van der Waals surface area contributed by atoms with Crippen LogP contribution >= 0.6 is 0 Å². The smallest absolute Gasteiger partial charge is 0.159 e. The molecule has 1 atom stereocenters. The molecule has 1 N–H and O–H groups in total. The minimum Gasteiger partial charge on any atom is -0.314 e. The van der Waals surface area contributed by atoms with E-state index in [1.807, 2.05) is 0 Å². The van der Waals surface area contributed by atoms with Gasteiger partial charge in [-0.05, 0) is 37.1 Å². The van der Waals surface area contributed by atoms with E-state index in [9.17, 15) is 8.78 Å². The first-order chi connectivity index (χ1) is 9.67. The molecule has 0 aliphatic carbocycles. The molecule has 0 bridgehead atoms. The molecule has 3 heteroatoms. The number of likely N-dealkylation sites (N-methyl/N-ethyl adjacent to an activating group) is 1. The van der Waals surface area contributed by atoms with E-state index in [1.165, 1.54) is 44.2 Å². The van der Waals surface area contributed by atoms with Gasteiger partial charge < -0.3 is 5.32 Å². The van der Waals surface area contributed by atoms with Gasteiger partial charge >= 0.3 is 0 Å². The number of hydrogen-bond acceptors (Lipinski definition) is 1. The highest BCUT2D eigenvalue weighted by Gasteiger charge is 2.10. The van der Waals surface area contributed by atoms with Gasteiger partial charge in [-0.25, -0.2) is 8.78 Å². The van der Waals surface area contributed by atoms with Crippen LogP contribution in [-0.2, 0) is 6.42 Å². The van der Waals surface area contributed by atoms with Crippen LogP contribution in [0.15, 0.2) is 18.2 Å². The first kappa shape index (κ1) is 17.1. The van der Waals surface area contributed by atoms with Crippen LogP contribution in [0.4, 0.5) is 8.78 Å². The Kier molecular flexibility index (Phi) is 8.43. The van der Waals surface area contributed by atoms with Crippen LogP contribution in [0.25, 0.3) is 0 Å². The third kappa shape index (κ3) is 6.47. The number of hydrogen-bond donors (Lipinski definition) is 1. The molecule has 1 unspecified atom stereocenters. The topological polar surface area (TPSA) is 12.0 Å². The fraction of sp³-hybridized carbons (Fsp3) is 0.647. The van der Waals surface area contributed by atoms with Crippen molar-refractivity contribution in [2.45, 2.75) is 64.8 Å². The van der Waals surface area contributed by atoms with Gasteiger partial charge in [-0.1, -0.05) is 52.0 Å². The lowest BCUT2D eigenvalue weighted by molar-refractivity contribution is 0.458. The largest absolute Gasteiger partial charge is 0.314 e. The van der Waals surface area contributed by atoms with Gasteiger partial charge in [0.15, 0.2) is 11.6 Å². The summed E-state index contributed by atoms with van der Waals surface area (Å²) in [5.74, 6) is -1.52. The fourth-order valence-electron chi connectivity index (χ4n) is 2.51. The van der Waals surface area contributed by atoms with E-state index in [2.05, 4.69) is 19.2 Å². The van der Waals surface area contributed by atoms with E-state index in [1.54, 1.807) is 6.07 Å². The van der Waals surface area contributed by atoms with E-state index in [0.29, 0.717) is 6.04 Å². The van der Waals surface area contributed by atoms with Crippen LogP contribution in [-0.4, -0.2) is 12.6 Å². The number of benzene rings is 1. The van der Waals surface area contributed by atoms with Crippen LogP contribution < -0.4 is 5.32 Å². The lowest BCUT2D eigenvalue weighted by atomic mass is 9.99. The van der Waals surface area contributed by atoms with Gasteiger partial charge in [0.25, 0.3) is 0 Å². The summed E-state index contributed by atoms with van der Waals surface area (Å²) in [5, 5.41) is 3.44.